The van der Waals surface area contributed by atoms with Crippen molar-refractivity contribution in [3.05, 3.63) is 0 Å². The van der Waals surface area contributed by atoms with Crippen molar-refractivity contribution in [2.24, 2.45) is 17.1 Å². The monoisotopic (exact) mass is 226 g/mol. The van der Waals surface area contributed by atoms with Gasteiger partial charge in [0.25, 0.3) is 0 Å². The van der Waals surface area contributed by atoms with Gasteiger partial charge in [-0.15, -0.1) is 0 Å². The molecule has 0 aliphatic heterocycles. The summed E-state index contributed by atoms with van der Waals surface area (Å²) >= 11 is 0. The van der Waals surface area contributed by atoms with Crippen LogP contribution < -0.4 is 5.73 Å². The van der Waals surface area contributed by atoms with Crippen LogP contribution in [0.3, 0.4) is 0 Å². The lowest BCUT2D eigenvalue weighted by Gasteiger charge is -2.30. The average Bonchev–Trinajstić information content (AvgIpc) is 2.28. The standard InChI is InChI=1S/C14H30N2/c1-14(2,12-15)9-10-16(3)11-13-7-5-4-6-8-13/h13H,4-12,15H2,1-3H3. The van der Waals surface area contributed by atoms with E-state index in [1.807, 2.05) is 0 Å². The second kappa shape index (κ2) is 6.61. The molecular formula is C14H30N2. The molecule has 96 valence electrons. The molecule has 0 saturated heterocycles. The fraction of sp³-hybridized carbons (Fsp3) is 1.00. The minimum absolute atomic E-state index is 0.306. The number of hydrogen-bond acceptors (Lipinski definition) is 2. The van der Waals surface area contributed by atoms with Crippen LogP contribution in [0.15, 0.2) is 0 Å². The first kappa shape index (κ1) is 14.0. The first-order valence-corrected chi connectivity index (χ1v) is 6.92. The van der Waals surface area contributed by atoms with Crippen LogP contribution in [-0.2, 0) is 0 Å². The molecule has 0 aromatic carbocycles. The first-order chi connectivity index (χ1) is 7.53. The maximum atomic E-state index is 5.76. The third-order valence-electron chi connectivity index (χ3n) is 4.02. The van der Waals surface area contributed by atoms with Crippen molar-refractivity contribution in [1.82, 2.24) is 4.90 Å². The highest BCUT2D eigenvalue weighted by Gasteiger charge is 2.18. The number of rotatable bonds is 6. The smallest absolute Gasteiger partial charge is 0.000661 e. The van der Waals surface area contributed by atoms with Gasteiger partial charge in [0, 0.05) is 6.54 Å². The van der Waals surface area contributed by atoms with E-state index in [9.17, 15) is 0 Å². The molecule has 1 saturated carbocycles. The van der Waals surface area contributed by atoms with Crippen molar-refractivity contribution >= 4 is 0 Å². The van der Waals surface area contributed by atoms with E-state index >= 15 is 0 Å². The van der Waals surface area contributed by atoms with E-state index in [-0.39, 0.29) is 0 Å². The highest BCUT2D eigenvalue weighted by molar-refractivity contribution is 4.73. The third kappa shape index (κ3) is 5.31. The number of hydrogen-bond donors (Lipinski definition) is 1. The highest BCUT2D eigenvalue weighted by Crippen LogP contribution is 2.25. The zero-order valence-electron chi connectivity index (χ0n) is 11.5. The fourth-order valence-corrected chi connectivity index (χ4v) is 2.50. The van der Waals surface area contributed by atoms with Gasteiger partial charge in [0.2, 0.25) is 0 Å². The quantitative estimate of drug-likeness (QED) is 0.754. The maximum Gasteiger partial charge on any atom is 0.000661 e. The van der Waals surface area contributed by atoms with Crippen LogP contribution in [-0.4, -0.2) is 31.6 Å². The van der Waals surface area contributed by atoms with Gasteiger partial charge in [-0.25, -0.2) is 0 Å². The molecule has 0 amide bonds. The van der Waals surface area contributed by atoms with Crippen molar-refractivity contribution in [2.45, 2.75) is 52.4 Å². The van der Waals surface area contributed by atoms with Crippen LogP contribution in [0.5, 0.6) is 0 Å². The van der Waals surface area contributed by atoms with Crippen LogP contribution in [0.2, 0.25) is 0 Å². The molecule has 2 nitrogen and oxygen atoms in total. The molecule has 0 unspecified atom stereocenters. The van der Waals surface area contributed by atoms with Crippen LogP contribution >= 0.6 is 0 Å². The molecule has 0 bridgehead atoms. The van der Waals surface area contributed by atoms with Gasteiger partial charge in [0.1, 0.15) is 0 Å². The summed E-state index contributed by atoms with van der Waals surface area (Å²) in [5.74, 6) is 0.958. The molecule has 0 aromatic rings. The van der Waals surface area contributed by atoms with Gasteiger partial charge in [0.15, 0.2) is 0 Å². The molecular weight excluding hydrogens is 196 g/mol. The van der Waals surface area contributed by atoms with Crippen molar-refractivity contribution < 1.29 is 0 Å². The zero-order chi connectivity index (χ0) is 12.0. The average molecular weight is 226 g/mol. The molecule has 0 radical (unpaired) electrons. The predicted octanol–water partition coefficient (Wildman–Crippen LogP) is 2.87. The van der Waals surface area contributed by atoms with Gasteiger partial charge in [-0.2, -0.15) is 0 Å². The minimum atomic E-state index is 0.306. The largest absolute Gasteiger partial charge is 0.330 e. The minimum Gasteiger partial charge on any atom is -0.330 e. The lowest BCUT2D eigenvalue weighted by atomic mass is 9.87. The Kier molecular flexibility index (Phi) is 5.77. The Morgan fingerprint density at radius 3 is 2.38 bits per heavy atom. The Morgan fingerprint density at radius 2 is 1.81 bits per heavy atom. The van der Waals surface area contributed by atoms with Gasteiger partial charge >= 0.3 is 0 Å². The molecule has 0 spiro atoms. The number of nitrogens with zero attached hydrogens (tertiary/aromatic N) is 1. The normalized spacial score (nSPS) is 19.3. The second-order valence-electron chi connectivity index (χ2n) is 6.38. The van der Waals surface area contributed by atoms with Gasteiger partial charge < -0.3 is 10.6 Å². The number of nitrogens with two attached hydrogens (primary N) is 1. The summed E-state index contributed by atoms with van der Waals surface area (Å²) < 4.78 is 0. The Labute approximate surface area is 102 Å². The van der Waals surface area contributed by atoms with Crippen LogP contribution in [0.1, 0.15) is 52.4 Å². The van der Waals surface area contributed by atoms with E-state index in [0.717, 1.165) is 12.5 Å². The summed E-state index contributed by atoms with van der Waals surface area (Å²) in [7, 11) is 2.27. The van der Waals surface area contributed by atoms with E-state index in [1.54, 1.807) is 0 Å². The van der Waals surface area contributed by atoms with Crippen molar-refractivity contribution in [3.63, 3.8) is 0 Å². The van der Waals surface area contributed by atoms with Gasteiger partial charge in [0.05, 0.1) is 0 Å². The lowest BCUT2D eigenvalue weighted by molar-refractivity contribution is 0.204. The Morgan fingerprint density at radius 1 is 1.19 bits per heavy atom. The lowest BCUT2D eigenvalue weighted by Crippen LogP contribution is -2.32. The summed E-state index contributed by atoms with van der Waals surface area (Å²) in [4.78, 5) is 2.51. The van der Waals surface area contributed by atoms with Crippen LogP contribution in [0, 0.1) is 11.3 Å². The van der Waals surface area contributed by atoms with E-state index in [4.69, 9.17) is 5.73 Å². The topological polar surface area (TPSA) is 29.3 Å². The second-order valence-corrected chi connectivity index (χ2v) is 6.38. The summed E-state index contributed by atoms with van der Waals surface area (Å²) in [5.41, 5.74) is 6.06. The first-order valence-electron chi connectivity index (χ1n) is 6.92. The van der Waals surface area contributed by atoms with Gasteiger partial charge in [-0.1, -0.05) is 33.1 Å². The van der Waals surface area contributed by atoms with Crippen molar-refractivity contribution in [3.8, 4) is 0 Å². The Bertz CT molecular complexity index is 183. The summed E-state index contributed by atoms with van der Waals surface area (Å²) in [6.45, 7) is 7.81. The molecule has 0 heterocycles. The zero-order valence-corrected chi connectivity index (χ0v) is 11.5. The molecule has 1 fully saturated rings. The fourth-order valence-electron chi connectivity index (χ4n) is 2.50. The van der Waals surface area contributed by atoms with E-state index in [2.05, 4.69) is 25.8 Å². The molecule has 0 aromatic heterocycles. The van der Waals surface area contributed by atoms with Crippen molar-refractivity contribution in [1.29, 1.82) is 0 Å². The maximum absolute atomic E-state index is 5.76. The van der Waals surface area contributed by atoms with E-state index < -0.39 is 0 Å². The summed E-state index contributed by atoms with van der Waals surface area (Å²) in [5, 5.41) is 0. The highest BCUT2D eigenvalue weighted by atomic mass is 15.1. The van der Waals surface area contributed by atoms with Crippen LogP contribution in [0.4, 0.5) is 0 Å². The third-order valence-corrected chi connectivity index (χ3v) is 4.02. The van der Waals surface area contributed by atoms with Gasteiger partial charge in [-0.3, -0.25) is 0 Å². The molecule has 1 rings (SSSR count). The van der Waals surface area contributed by atoms with Crippen molar-refractivity contribution in [2.75, 3.05) is 26.7 Å². The molecule has 2 heteroatoms. The molecule has 0 atom stereocenters. The molecule has 2 N–H and O–H groups in total. The molecule has 1 aliphatic carbocycles. The summed E-state index contributed by atoms with van der Waals surface area (Å²) in [6.07, 6.45) is 8.47. The van der Waals surface area contributed by atoms with Gasteiger partial charge in [-0.05, 0) is 50.7 Å². The predicted molar refractivity (Wildman–Crippen MR) is 71.5 cm³/mol. The Hall–Kier alpha value is -0.0800. The Balaban J connectivity index is 2.17. The summed E-state index contributed by atoms with van der Waals surface area (Å²) in [6, 6.07) is 0. The molecule has 16 heavy (non-hydrogen) atoms. The van der Waals surface area contributed by atoms with E-state index in [1.165, 1.54) is 51.6 Å². The SMILES string of the molecule is CN(CCC(C)(C)CN)CC1CCCCC1. The van der Waals surface area contributed by atoms with E-state index in [0.29, 0.717) is 5.41 Å². The van der Waals surface area contributed by atoms with Crippen LogP contribution in [0.25, 0.3) is 0 Å². The molecule has 1 aliphatic rings.